The molecule has 0 bridgehead atoms. The topological polar surface area (TPSA) is 67.8 Å². The Morgan fingerprint density at radius 2 is 1.96 bits per heavy atom. The molecular formula is C18H23F3N4O2S. The second kappa shape index (κ2) is 10.7. The summed E-state index contributed by atoms with van der Waals surface area (Å²) in [6.07, 6.45) is -3.26. The fraction of sp³-hybridized carbons (Fsp3) is 0.444. The molecule has 0 fully saturated rings. The molecule has 0 atom stereocenters. The first-order chi connectivity index (χ1) is 13.4. The number of thiazole rings is 1. The van der Waals surface area contributed by atoms with Crippen LogP contribution >= 0.6 is 11.3 Å². The van der Waals surface area contributed by atoms with Crippen LogP contribution in [0.3, 0.4) is 0 Å². The molecule has 0 spiro atoms. The first-order valence-corrected chi connectivity index (χ1v) is 9.53. The van der Waals surface area contributed by atoms with E-state index in [9.17, 15) is 13.2 Å². The Labute approximate surface area is 165 Å². The number of nitrogens with zero attached hydrogens (tertiary/aromatic N) is 2. The quantitative estimate of drug-likeness (QED) is 0.373. The van der Waals surface area contributed by atoms with E-state index in [4.69, 9.17) is 9.47 Å². The van der Waals surface area contributed by atoms with Crippen molar-refractivity contribution in [3.05, 3.63) is 40.3 Å². The summed E-state index contributed by atoms with van der Waals surface area (Å²) in [6, 6.07) is 7.38. The number of alkyl halides is 3. The van der Waals surface area contributed by atoms with Crippen molar-refractivity contribution in [3.8, 4) is 11.5 Å². The van der Waals surface area contributed by atoms with Crippen LogP contribution in [0.5, 0.6) is 11.5 Å². The van der Waals surface area contributed by atoms with Crippen molar-refractivity contribution in [1.82, 2.24) is 15.6 Å². The summed E-state index contributed by atoms with van der Waals surface area (Å²) >= 11 is 1.00. The molecule has 0 saturated heterocycles. The monoisotopic (exact) mass is 416 g/mol. The third-order valence-electron chi connectivity index (χ3n) is 3.62. The van der Waals surface area contributed by atoms with E-state index in [0.29, 0.717) is 37.1 Å². The van der Waals surface area contributed by atoms with E-state index in [1.807, 2.05) is 24.3 Å². The molecule has 0 aliphatic rings. The fourth-order valence-corrected chi connectivity index (χ4v) is 3.03. The molecule has 0 radical (unpaired) electrons. The number of hydrogen-bond donors (Lipinski definition) is 2. The lowest BCUT2D eigenvalue weighted by molar-refractivity contribution is -0.140. The van der Waals surface area contributed by atoms with E-state index in [2.05, 4.69) is 20.6 Å². The van der Waals surface area contributed by atoms with Crippen molar-refractivity contribution in [2.24, 2.45) is 4.99 Å². The zero-order valence-corrected chi connectivity index (χ0v) is 16.5. The molecule has 2 rings (SSSR count). The average molecular weight is 416 g/mol. The minimum Gasteiger partial charge on any atom is -0.497 e. The Balaban J connectivity index is 1.63. The molecule has 6 nitrogen and oxygen atoms in total. The van der Waals surface area contributed by atoms with Gasteiger partial charge >= 0.3 is 6.18 Å². The Kier molecular flexibility index (Phi) is 8.37. The van der Waals surface area contributed by atoms with E-state index in [1.54, 1.807) is 14.2 Å². The molecule has 0 aliphatic carbocycles. The fourth-order valence-electron chi connectivity index (χ4n) is 2.22. The summed E-state index contributed by atoms with van der Waals surface area (Å²) in [5, 5.41) is 7.65. The minimum atomic E-state index is -4.40. The van der Waals surface area contributed by atoms with Crippen LogP contribution in [-0.2, 0) is 12.6 Å². The molecule has 0 unspecified atom stereocenters. The highest BCUT2D eigenvalue weighted by atomic mass is 32.1. The standard InChI is InChI=1S/C18H23F3N4O2S/c1-22-17(24-9-7-16-25-15(12-28-16)18(19,20)21)23-8-4-10-27-14-6-3-5-13(11-14)26-2/h3,5-6,11-12H,4,7-10H2,1-2H3,(H2,22,23,24). The van der Waals surface area contributed by atoms with Gasteiger partial charge in [-0.1, -0.05) is 6.07 Å². The molecule has 28 heavy (non-hydrogen) atoms. The average Bonchev–Trinajstić information content (AvgIpc) is 3.16. The second-order valence-corrected chi connectivity index (χ2v) is 6.62. The van der Waals surface area contributed by atoms with Crippen molar-refractivity contribution in [2.45, 2.75) is 19.0 Å². The Morgan fingerprint density at radius 3 is 2.64 bits per heavy atom. The summed E-state index contributed by atoms with van der Waals surface area (Å²) in [5.74, 6) is 2.06. The number of aliphatic imine (C=N–C) groups is 1. The zero-order chi connectivity index (χ0) is 20.4. The number of guanidine groups is 1. The highest BCUT2D eigenvalue weighted by molar-refractivity contribution is 7.09. The van der Waals surface area contributed by atoms with Crippen LogP contribution < -0.4 is 20.1 Å². The molecular weight excluding hydrogens is 393 g/mol. The van der Waals surface area contributed by atoms with Crippen molar-refractivity contribution in [3.63, 3.8) is 0 Å². The maximum Gasteiger partial charge on any atom is 0.434 e. The van der Waals surface area contributed by atoms with Gasteiger partial charge in [0, 0.05) is 38.0 Å². The predicted molar refractivity (Wildman–Crippen MR) is 103 cm³/mol. The lowest BCUT2D eigenvalue weighted by atomic mass is 10.3. The van der Waals surface area contributed by atoms with Gasteiger partial charge in [0.1, 0.15) is 11.5 Å². The Hall–Kier alpha value is -2.49. The Morgan fingerprint density at radius 1 is 1.21 bits per heavy atom. The molecule has 1 heterocycles. The maximum absolute atomic E-state index is 12.5. The van der Waals surface area contributed by atoms with Gasteiger partial charge in [0.2, 0.25) is 0 Å². The minimum absolute atomic E-state index is 0.389. The number of halogens is 3. The Bertz CT molecular complexity index is 765. The highest BCUT2D eigenvalue weighted by Crippen LogP contribution is 2.30. The van der Waals surface area contributed by atoms with Gasteiger partial charge in [-0.25, -0.2) is 4.98 Å². The van der Waals surface area contributed by atoms with Crippen molar-refractivity contribution in [1.29, 1.82) is 0 Å². The molecule has 154 valence electrons. The lowest BCUT2D eigenvalue weighted by Gasteiger charge is -2.12. The van der Waals surface area contributed by atoms with Crippen LogP contribution in [-0.4, -0.2) is 44.8 Å². The number of benzene rings is 1. The summed E-state index contributed by atoms with van der Waals surface area (Å²) in [4.78, 5) is 7.68. The summed E-state index contributed by atoms with van der Waals surface area (Å²) in [7, 11) is 3.23. The van der Waals surface area contributed by atoms with Crippen molar-refractivity contribution < 1.29 is 22.6 Å². The first-order valence-electron chi connectivity index (χ1n) is 8.65. The normalized spacial score (nSPS) is 12.0. The molecule has 0 aliphatic heterocycles. The van der Waals surface area contributed by atoms with Gasteiger partial charge in [0.15, 0.2) is 11.7 Å². The van der Waals surface area contributed by atoms with Crippen LogP contribution in [0, 0.1) is 0 Å². The van der Waals surface area contributed by atoms with Gasteiger partial charge < -0.3 is 20.1 Å². The van der Waals surface area contributed by atoms with Gasteiger partial charge in [-0.05, 0) is 18.6 Å². The van der Waals surface area contributed by atoms with Crippen LogP contribution in [0.1, 0.15) is 17.1 Å². The number of aromatic nitrogens is 1. The molecule has 1 aromatic heterocycles. The van der Waals surface area contributed by atoms with Crippen LogP contribution in [0.25, 0.3) is 0 Å². The van der Waals surface area contributed by atoms with E-state index in [1.165, 1.54) is 0 Å². The van der Waals surface area contributed by atoms with E-state index >= 15 is 0 Å². The molecule has 2 aromatic rings. The zero-order valence-electron chi connectivity index (χ0n) is 15.7. The largest absolute Gasteiger partial charge is 0.497 e. The van der Waals surface area contributed by atoms with Gasteiger partial charge in [0.25, 0.3) is 0 Å². The lowest BCUT2D eigenvalue weighted by Crippen LogP contribution is -2.39. The molecule has 0 saturated carbocycles. The van der Waals surface area contributed by atoms with Gasteiger partial charge in [-0.3, -0.25) is 4.99 Å². The van der Waals surface area contributed by atoms with Gasteiger partial charge in [0.05, 0.1) is 18.7 Å². The number of hydrogen-bond acceptors (Lipinski definition) is 5. The molecule has 10 heteroatoms. The van der Waals surface area contributed by atoms with Crippen LogP contribution in [0.15, 0.2) is 34.6 Å². The van der Waals surface area contributed by atoms with Crippen LogP contribution in [0.4, 0.5) is 13.2 Å². The summed E-state index contributed by atoms with van der Waals surface area (Å²) in [6.45, 7) is 1.60. The predicted octanol–water partition coefficient (Wildman–Crippen LogP) is 3.35. The summed E-state index contributed by atoms with van der Waals surface area (Å²) in [5.41, 5.74) is -0.842. The van der Waals surface area contributed by atoms with E-state index < -0.39 is 11.9 Å². The SMILES string of the molecule is CN=C(NCCCOc1cccc(OC)c1)NCCc1nc(C(F)(F)F)cs1. The smallest absolute Gasteiger partial charge is 0.434 e. The third-order valence-corrected chi connectivity index (χ3v) is 4.53. The second-order valence-electron chi connectivity index (χ2n) is 5.68. The van der Waals surface area contributed by atoms with Crippen LogP contribution in [0.2, 0.25) is 0 Å². The number of nitrogens with one attached hydrogen (secondary N) is 2. The molecule has 2 N–H and O–H groups in total. The summed E-state index contributed by atoms with van der Waals surface area (Å²) < 4.78 is 48.4. The van der Waals surface area contributed by atoms with Gasteiger partial charge in [-0.15, -0.1) is 11.3 Å². The maximum atomic E-state index is 12.5. The van der Waals surface area contributed by atoms with Crippen molar-refractivity contribution in [2.75, 3.05) is 33.9 Å². The third kappa shape index (κ3) is 7.26. The highest BCUT2D eigenvalue weighted by Gasteiger charge is 2.33. The van der Waals surface area contributed by atoms with E-state index in [0.717, 1.165) is 34.6 Å². The molecule has 1 aromatic carbocycles. The first kappa shape index (κ1) is 21.8. The molecule has 0 amide bonds. The van der Waals surface area contributed by atoms with E-state index in [-0.39, 0.29) is 0 Å². The number of ether oxygens (including phenoxy) is 2. The van der Waals surface area contributed by atoms with Gasteiger partial charge in [-0.2, -0.15) is 13.2 Å². The number of methoxy groups -OCH3 is 1. The van der Waals surface area contributed by atoms with Crippen molar-refractivity contribution >= 4 is 17.3 Å². The number of rotatable bonds is 9.